The molecule has 1 saturated heterocycles. The Kier molecular flexibility index (Phi) is 6.14. The van der Waals surface area contributed by atoms with Gasteiger partial charge in [0.1, 0.15) is 12.4 Å². The van der Waals surface area contributed by atoms with Gasteiger partial charge in [0, 0.05) is 26.8 Å². The number of nitrogens with one attached hydrogen (secondary N) is 1. The summed E-state index contributed by atoms with van der Waals surface area (Å²) in [4.78, 5) is 0. The van der Waals surface area contributed by atoms with Gasteiger partial charge in [-0.05, 0) is 30.5 Å². The summed E-state index contributed by atoms with van der Waals surface area (Å²) >= 11 is 0. The predicted octanol–water partition coefficient (Wildman–Crippen LogP) is 1.98. The van der Waals surface area contributed by atoms with Crippen LogP contribution in [0.5, 0.6) is 5.75 Å². The number of rotatable bonds is 8. The van der Waals surface area contributed by atoms with Crippen molar-refractivity contribution in [2.45, 2.75) is 25.5 Å². The molecule has 19 heavy (non-hydrogen) atoms. The summed E-state index contributed by atoms with van der Waals surface area (Å²) in [6.07, 6.45) is 2.54. The molecule has 4 nitrogen and oxygen atoms in total. The zero-order valence-electron chi connectivity index (χ0n) is 11.6. The molecule has 1 aromatic carbocycles. The summed E-state index contributed by atoms with van der Waals surface area (Å²) in [5, 5.41) is 3.31. The summed E-state index contributed by atoms with van der Waals surface area (Å²) < 4.78 is 16.2. The summed E-state index contributed by atoms with van der Waals surface area (Å²) in [6, 6.07) is 8.21. The van der Waals surface area contributed by atoms with Crippen LogP contribution in [0.1, 0.15) is 18.4 Å². The van der Waals surface area contributed by atoms with Crippen LogP contribution in [0, 0.1) is 0 Å². The number of hydrogen-bond acceptors (Lipinski definition) is 4. The van der Waals surface area contributed by atoms with Gasteiger partial charge < -0.3 is 19.5 Å². The Hall–Kier alpha value is -1.10. The SMILES string of the molecule is COCCNCc1ccc(OCC2CCCO2)cc1. The largest absolute Gasteiger partial charge is 0.491 e. The molecule has 0 saturated carbocycles. The van der Waals surface area contributed by atoms with E-state index in [0.29, 0.717) is 6.61 Å². The molecule has 0 radical (unpaired) electrons. The molecule has 0 bridgehead atoms. The number of ether oxygens (including phenoxy) is 3. The lowest BCUT2D eigenvalue weighted by molar-refractivity contribution is 0.0679. The Morgan fingerprint density at radius 2 is 2.16 bits per heavy atom. The van der Waals surface area contributed by atoms with Crippen LogP contribution >= 0.6 is 0 Å². The van der Waals surface area contributed by atoms with Crippen molar-refractivity contribution in [2.75, 3.05) is 33.5 Å². The minimum absolute atomic E-state index is 0.274. The van der Waals surface area contributed by atoms with Crippen molar-refractivity contribution in [3.8, 4) is 5.75 Å². The van der Waals surface area contributed by atoms with Crippen LogP contribution in [-0.2, 0) is 16.0 Å². The van der Waals surface area contributed by atoms with Gasteiger partial charge in [-0.3, -0.25) is 0 Å². The van der Waals surface area contributed by atoms with E-state index in [9.17, 15) is 0 Å². The molecule has 1 N–H and O–H groups in total. The normalized spacial score (nSPS) is 18.7. The van der Waals surface area contributed by atoms with Crippen molar-refractivity contribution in [3.63, 3.8) is 0 Å². The minimum atomic E-state index is 0.274. The van der Waals surface area contributed by atoms with Crippen LogP contribution in [0.2, 0.25) is 0 Å². The quantitative estimate of drug-likeness (QED) is 0.730. The molecule has 0 aromatic heterocycles. The average Bonchev–Trinajstić information content (AvgIpc) is 2.96. The van der Waals surface area contributed by atoms with Gasteiger partial charge in [-0.2, -0.15) is 0 Å². The van der Waals surface area contributed by atoms with Gasteiger partial charge in [-0.25, -0.2) is 0 Å². The van der Waals surface area contributed by atoms with Crippen molar-refractivity contribution >= 4 is 0 Å². The Balaban J connectivity index is 1.68. The second-order valence-electron chi connectivity index (χ2n) is 4.76. The Morgan fingerprint density at radius 1 is 1.32 bits per heavy atom. The van der Waals surface area contributed by atoms with Crippen molar-refractivity contribution in [1.29, 1.82) is 0 Å². The van der Waals surface area contributed by atoms with E-state index >= 15 is 0 Å². The van der Waals surface area contributed by atoms with E-state index in [2.05, 4.69) is 17.4 Å². The molecule has 1 fully saturated rings. The average molecular weight is 265 g/mol. The Morgan fingerprint density at radius 3 is 2.84 bits per heavy atom. The van der Waals surface area contributed by atoms with E-state index in [1.807, 2.05) is 12.1 Å². The fourth-order valence-electron chi connectivity index (χ4n) is 2.08. The van der Waals surface area contributed by atoms with E-state index in [0.717, 1.165) is 44.9 Å². The smallest absolute Gasteiger partial charge is 0.119 e. The Labute approximate surface area is 115 Å². The summed E-state index contributed by atoms with van der Waals surface area (Å²) in [5.74, 6) is 0.913. The molecule has 1 aliphatic heterocycles. The van der Waals surface area contributed by atoms with E-state index < -0.39 is 0 Å². The van der Waals surface area contributed by atoms with E-state index in [1.54, 1.807) is 7.11 Å². The second kappa shape index (κ2) is 8.15. The zero-order valence-corrected chi connectivity index (χ0v) is 11.6. The van der Waals surface area contributed by atoms with E-state index in [-0.39, 0.29) is 6.10 Å². The molecule has 1 atom stereocenters. The summed E-state index contributed by atoms with van der Waals surface area (Å²) in [7, 11) is 1.71. The molecule has 4 heteroatoms. The molecule has 2 rings (SSSR count). The number of methoxy groups -OCH3 is 1. The highest BCUT2D eigenvalue weighted by Crippen LogP contribution is 2.16. The number of benzene rings is 1. The van der Waals surface area contributed by atoms with Crippen molar-refractivity contribution < 1.29 is 14.2 Å². The molecule has 1 unspecified atom stereocenters. The van der Waals surface area contributed by atoms with Gasteiger partial charge in [0.25, 0.3) is 0 Å². The highest BCUT2D eigenvalue weighted by Gasteiger charge is 2.15. The third-order valence-corrected chi connectivity index (χ3v) is 3.20. The maximum Gasteiger partial charge on any atom is 0.119 e. The van der Waals surface area contributed by atoms with Crippen LogP contribution in [0.15, 0.2) is 24.3 Å². The molecule has 0 aliphatic carbocycles. The maximum atomic E-state index is 5.72. The Bertz CT molecular complexity index is 347. The first-order valence-electron chi connectivity index (χ1n) is 6.91. The highest BCUT2D eigenvalue weighted by atomic mass is 16.5. The van der Waals surface area contributed by atoms with Crippen LogP contribution in [0.25, 0.3) is 0 Å². The van der Waals surface area contributed by atoms with Crippen molar-refractivity contribution in [2.24, 2.45) is 0 Å². The fraction of sp³-hybridized carbons (Fsp3) is 0.600. The molecule has 1 aliphatic rings. The molecule has 106 valence electrons. The fourth-order valence-corrected chi connectivity index (χ4v) is 2.08. The van der Waals surface area contributed by atoms with Crippen LogP contribution in [-0.4, -0.2) is 39.6 Å². The molecule has 0 spiro atoms. The van der Waals surface area contributed by atoms with Crippen LogP contribution < -0.4 is 10.1 Å². The highest BCUT2D eigenvalue weighted by molar-refractivity contribution is 5.27. The molecular weight excluding hydrogens is 242 g/mol. The molecule has 0 amide bonds. The maximum absolute atomic E-state index is 5.72. The third kappa shape index (κ3) is 5.19. The standard InChI is InChI=1S/C15H23NO3/c1-17-10-8-16-11-13-4-6-14(7-5-13)19-12-15-3-2-9-18-15/h4-7,15-16H,2-3,8-12H2,1H3. The molecule has 1 aromatic rings. The molecular formula is C15H23NO3. The predicted molar refractivity (Wildman–Crippen MR) is 74.5 cm³/mol. The zero-order chi connectivity index (χ0) is 13.3. The minimum Gasteiger partial charge on any atom is -0.491 e. The first kappa shape index (κ1) is 14.3. The van der Waals surface area contributed by atoms with Gasteiger partial charge in [0.15, 0.2) is 0 Å². The lowest BCUT2D eigenvalue weighted by atomic mass is 10.2. The lowest BCUT2D eigenvalue weighted by Gasteiger charge is -2.12. The van der Waals surface area contributed by atoms with Gasteiger partial charge in [0.05, 0.1) is 12.7 Å². The lowest BCUT2D eigenvalue weighted by Crippen LogP contribution is -2.18. The summed E-state index contributed by atoms with van der Waals surface area (Å²) in [5.41, 5.74) is 1.25. The first-order chi connectivity index (χ1) is 9.38. The van der Waals surface area contributed by atoms with Gasteiger partial charge >= 0.3 is 0 Å². The van der Waals surface area contributed by atoms with Gasteiger partial charge in [-0.15, -0.1) is 0 Å². The summed E-state index contributed by atoms with van der Waals surface area (Å²) in [6.45, 7) is 4.00. The van der Waals surface area contributed by atoms with Gasteiger partial charge in [0.2, 0.25) is 0 Å². The van der Waals surface area contributed by atoms with Crippen molar-refractivity contribution in [3.05, 3.63) is 29.8 Å². The number of hydrogen-bond donors (Lipinski definition) is 1. The molecule has 1 heterocycles. The topological polar surface area (TPSA) is 39.7 Å². The van der Waals surface area contributed by atoms with Crippen LogP contribution in [0.3, 0.4) is 0 Å². The van der Waals surface area contributed by atoms with Gasteiger partial charge in [-0.1, -0.05) is 12.1 Å². The monoisotopic (exact) mass is 265 g/mol. The first-order valence-corrected chi connectivity index (χ1v) is 6.91. The van der Waals surface area contributed by atoms with Crippen LogP contribution in [0.4, 0.5) is 0 Å². The second-order valence-corrected chi connectivity index (χ2v) is 4.76. The van der Waals surface area contributed by atoms with Crippen molar-refractivity contribution in [1.82, 2.24) is 5.32 Å². The third-order valence-electron chi connectivity index (χ3n) is 3.20. The van der Waals surface area contributed by atoms with E-state index in [4.69, 9.17) is 14.2 Å². The van der Waals surface area contributed by atoms with E-state index in [1.165, 1.54) is 5.56 Å².